The number of nitrogens with one attached hydrogen (secondary N) is 2. The monoisotopic (exact) mass is 881 g/mol. The molecule has 1 fully saturated rings. The van der Waals surface area contributed by atoms with Crippen LogP contribution in [0.5, 0.6) is 11.5 Å². The number of nitrogens with zero attached hydrogens (tertiary/aromatic N) is 3. The Hall–Kier alpha value is -5.88. The van der Waals surface area contributed by atoms with Gasteiger partial charge in [0, 0.05) is 37.7 Å². The lowest BCUT2D eigenvalue weighted by molar-refractivity contribution is -0.0922. The van der Waals surface area contributed by atoms with Gasteiger partial charge in [-0.3, -0.25) is 23.7 Å². The molecule has 1 amide bonds. The van der Waals surface area contributed by atoms with Crippen LogP contribution in [0.1, 0.15) is 79.4 Å². The number of hydrogen-bond acceptors (Lipinski definition) is 10. The van der Waals surface area contributed by atoms with Crippen molar-refractivity contribution < 1.29 is 37.2 Å². The molecule has 1 unspecified atom stereocenters. The number of aromatic nitrogens is 2. The van der Waals surface area contributed by atoms with Crippen LogP contribution < -0.4 is 26.0 Å². The lowest BCUT2D eigenvalue weighted by Gasteiger charge is -2.39. The molecular weight excluding hydrogens is 829 g/mol. The average Bonchev–Trinajstić information content (AvgIpc) is 3.67. The van der Waals surface area contributed by atoms with E-state index in [9.17, 15) is 24.0 Å². The lowest BCUT2D eigenvalue weighted by atomic mass is 9.80. The van der Waals surface area contributed by atoms with Crippen LogP contribution in [-0.2, 0) is 30.7 Å². The second-order valence-electron chi connectivity index (χ2n) is 15.7. The molecule has 6 rings (SSSR count). The van der Waals surface area contributed by atoms with E-state index < -0.39 is 54.5 Å². The lowest BCUT2D eigenvalue weighted by Crippen LogP contribution is -2.40. The molecule has 1 saturated heterocycles. The fraction of sp³-hybridized carbons (Fsp3) is 0.362. The Balaban J connectivity index is 1.43. The van der Waals surface area contributed by atoms with Gasteiger partial charge in [-0.15, -0.1) is 0 Å². The highest BCUT2D eigenvalue weighted by molar-refractivity contribution is 7.56. The van der Waals surface area contributed by atoms with E-state index in [0.29, 0.717) is 17.1 Å². The Bertz CT molecular complexity index is 2470. The van der Waals surface area contributed by atoms with E-state index in [0.717, 1.165) is 27.5 Å². The van der Waals surface area contributed by atoms with Crippen LogP contribution in [0.25, 0.3) is 0 Å². The van der Waals surface area contributed by atoms with Gasteiger partial charge >= 0.3 is 5.69 Å². The molecule has 0 bridgehead atoms. The minimum Gasteiger partial charge on any atom is -0.497 e. The van der Waals surface area contributed by atoms with Crippen LogP contribution in [0.2, 0.25) is 0 Å². The molecule has 1 aliphatic rings. The molecule has 4 aromatic carbocycles. The summed E-state index contributed by atoms with van der Waals surface area (Å²) in [4.78, 5) is 42.3. The second kappa shape index (κ2) is 20.5. The highest BCUT2D eigenvalue weighted by atomic mass is 31.2. The third-order valence-electron chi connectivity index (χ3n) is 10.9. The van der Waals surface area contributed by atoms with Crippen LogP contribution in [-0.4, -0.2) is 71.4 Å². The van der Waals surface area contributed by atoms with E-state index in [-0.39, 0.29) is 49.8 Å². The molecule has 16 heteroatoms. The number of carbonyl (C=O) groups is 1. The Kier molecular flexibility index (Phi) is 15.2. The first-order valence-corrected chi connectivity index (χ1v) is 22.4. The Morgan fingerprint density at radius 1 is 0.921 bits per heavy atom. The minimum atomic E-state index is -3.79. The molecule has 2 heterocycles. The minimum absolute atomic E-state index is 0.0152. The first-order chi connectivity index (χ1) is 30.2. The molecule has 1 aliphatic heterocycles. The summed E-state index contributed by atoms with van der Waals surface area (Å²) in [5.41, 5.74) is -0.593. The standard InChI is InChI=1S/C47H53FN5O9P/c1-31(2)53(32(3)4)63(57,26-10-25-49)62-41-27-43(52-29-40(45(55)51-46(52)56)44(54)50-28-33-13-19-37(48)20-14-33)61-42(41)30-60-47(34-11-8-7-9-12-34,35-15-21-38(58-5)22-16-35)36-17-23-39(59-6)24-18-36/h7-9,11-24,29,31-32,41-43H,10,26-28,30H2,1-6H3,(H,50,54)(H,51,55,56)/t41-,42+,43+,63?/m0/s1. The highest BCUT2D eigenvalue weighted by Crippen LogP contribution is 2.57. The van der Waals surface area contributed by atoms with E-state index in [1.807, 2.05) is 107 Å². The molecule has 2 N–H and O–H groups in total. The number of hydrogen-bond donors (Lipinski definition) is 2. The Morgan fingerprint density at radius 2 is 1.49 bits per heavy atom. The zero-order valence-corrected chi connectivity index (χ0v) is 37.1. The summed E-state index contributed by atoms with van der Waals surface area (Å²) in [6.07, 6.45) is -2.18. The van der Waals surface area contributed by atoms with E-state index in [1.54, 1.807) is 18.9 Å². The van der Waals surface area contributed by atoms with Crippen molar-refractivity contribution in [2.45, 2.75) is 83.2 Å². The van der Waals surface area contributed by atoms with Crippen molar-refractivity contribution in [1.82, 2.24) is 19.5 Å². The summed E-state index contributed by atoms with van der Waals surface area (Å²) in [5.74, 6) is 0.0467. The molecule has 0 aliphatic carbocycles. The number of aromatic amines is 1. The number of amides is 1. The van der Waals surface area contributed by atoms with E-state index >= 15 is 4.57 Å². The maximum Gasteiger partial charge on any atom is 0.330 e. The fourth-order valence-corrected chi connectivity index (χ4v) is 11.0. The predicted octanol–water partition coefficient (Wildman–Crippen LogP) is 7.53. The third kappa shape index (κ3) is 10.5. The molecule has 1 aromatic heterocycles. The summed E-state index contributed by atoms with van der Waals surface area (Å²) in [5, 5.41) is 12.3. The van der Waals surface area contributed by atoms with Gasteiger partial charge in [0.15, 0.2) is 0 Å². The Morgan fingerprint density at radius 3 is 2.03 bits per heavy atom. The van der Waals surface area contributed by atoms with Crippen molar-refractivity contribution in [2.75, 3.05) is 27.0 Å². The summed E-state index contributed by atoms with van der Waals surface area (Å²) in [6, 6.07) is 31.7. The van der Waals surface area contributed by atoms with Gasteiger partial charge in [-0.2, -0.15) is 5.26 Å². The predicted molar refractivity (Wildman–Crippen MR) is 235 cm³/mol. The van der Waals surface area contributed by atoms with Gasteiger partial charge in [-0.05, 0) is 86.3 Å². The zero-order valence-electron chi connectivity index (χ0n) is 36.2. The topological polar surface area (TPSA) is 174 Å². The molecule has 332 valence electrons. The van der Waals surface area contributed by atoms with E-state index in [1.165, 1.54) is 24.3 Å². The maximum atomic E-state index is 15.2. The van der Waals surface area contributed by atoms with Gasteiger partial charge in [0.05, 0.1) is 39.2 Å². The van der Waals surface area contributed by atoms with Crippen molar-refractivity contribution in [2.24, 2.45) is 0 Å². The summed E-state index contributed by atoms with van der Waals surface area (Å²) >= 11 is 0. The number of methoxy groups -OCH3 is 2. The molecule has 5 aromatic rings. The number of nitriles is 1. The first kappa shape index (κ1) is 46.6. The van der Waals surface area contributed by atoms with Gasteiger partial charge in [0.2, 0.25) is 0 Å². The van der Waals surface area contributed by atoms with E-state index in [4.69, 9.17) is 23.5 Å². The van der Waals surface area contributed by atoms with Gasteiger partial charge in [0.1, 0.15) is 40.8 Å². The first-order valence-electron chi connectivity index (χ1n) is 20.7. The number of benzene rings is 4. The SMILES string of the molecule is COc1ccc(C(OC[C@H]2O[C@@H](n3cc(C(=O)NCc4ccc(F)cc4)c(=O)[nH]c3=O)C[C@@H]2OP(=O)(CCC#N)N(C(C)C)C(C)C)(c2ccccc2)c2ccc(OC)cc2)cc1. The highest BCUT2D eigenvalue weighted by Gasteiger charge is 2.47. The number of rotatable bonds is 19. The number of H-pyrrole nitrogens is 1. The second-order valence-corrected chi connectivity index (χ2v) is 18.1. The van der Waals surface area contributed by atoms with Crippen molar-refractivity contribution in [3.8, 4) is 17.6 Å². The molecule has 4 atom stereocenters. The maximum absolute atomic E-state index is 15.2. The largest absolute Gasteiger partial charge is 0.497 e. The van der Waals surface area contributed by atoms with Crippen molar-refractivity contribution in [3.63, 3.8) is 0 Å². The van der Waals surface area contributed by atoms with Crippen molar-refractivity contribution >= 4 is 13.4 Å². The van der Waals surface area contributed by atoms with Crippen LogP contribution in [0.4, 0.5) is 4.39 Å². The van der Waals surface area contributed by atoms with Gasteiger partial charge in [-0.25, -0.2) is 13.9 Å². The van der Waals surface area contributed by atoms with Crippen LogP contribution in [0.3, 0.4) is 0 Å². The number of ether oxygens (including phenoxy) is 4. The molecule has 0 spiro atoms. The smallest absolute Gasteiger partial charge is 0.330 e. The Labute approximate surface area is 366 Å². The molecule has 63 heavy (non-hydrogen) atoms. The quantitative estimate of drug-likeness (QED) is 0.0620. The van der Waals surface area contributed by atoms with Crippen molar-refractivity contribution in [1.29, 1.82) is 5.26 Å². The number of carbonyl (C=O) groups excluding carboxylic acids is 1. The molecule has 0 saturated carbocycles. The number of halogens is 1. The van der Waals surface area contributed by atoms with E-state index in [2.05, 4.69) is 16.4 Å². The summed E-state index contributed by atoms with van der Waals surface area (Å²) in [7, 11) is -0.626. The zero-order chi connectivity index (χ0) is 45.3. The van der Waals surface area contributed by atoms with Crippen molar-refractivity contribution in [3.05, 3.63) is 164 Å². The molecule has 14 nitrogen and oxygen atoms in total. The molecule has 0 radical (unpaired) electrons. The van der Waals surface area contributed by atoms with Gasteiger partial charge < -0.3 is 28.8 Å². The summed E-state index contributed by atoms with van der Waals surface area (Å²) in [6.45, 7) is 7.40. The average molecular weight is 882 g/mol. The third-order valence-corrected chi connectivity index (χ3v) is 13.9. The normalized spacial score (nSPS) is 17.4. The fourth-order valence-electron chi connectivity index (χ4n) is 8.08. The molecular formula is C47H53FN5O9P. The van der Waals surface area contributed by atoms with Crippen LogP contribution >= 0.6 is 7.52 Å². The van der Waals surface area contributed by atoms with Crippen LogP contribution in [0, 0.1) is 17.1 Å². The van der Waals surface area contributed by atoms with Gasteiger partial charge in [0.25, 0.3) is 19.0 Å². The summed E-state index contributed by atoms with van der Waals surface area (Å²) < 4.78 is 63.2. The van der Waals surface area contributed by atoms with Gasteiger partial charge in [-0.1, -0.05) is 66.7 Å². The van der Waals surface area contributed by atoms with Crippen LogP contribution in [0.15, 0.2) is 119 Å².